The maximum atomic E-state index is 12.6. The van der Waals surface area contributed by atoms with Crippen LogP contribution in [0, 0.1) is 5.92 Å². The zero-order valence-corrected chi connectivity index (χ0v) is 19.5. The molecule has 0 bridgehead atoms. The van der Waals surface area contributed by atoms with Gasteiger partial charge in [-0.05, 0) is 62.2 Å². The zero-order valence-electron chi connectivity index (χ0n) is 18.0. The molecule has 1 fully saturated rings. The molecule has 0 spiro atoms. The van der Waals surface area contributed by atoms with Gasteiger partial charge in [0.15, 0.2) is 0 Å². The molecule has 1 aliphatic rings. The Morgan fingerprint density at radius 3 is 2.62 bits per heavy atom. The van der Waals surface area contributed by atoms with Crippen molar-refractivity contribution in [3.8, 4) is 5.75 Å². The van der Waals surface area contributed by atoms with E-state index < -0.39 is 0 Å². The van der Waals surface area contributed by atoms with Crippen molar-refractivity contribution in [1.82, 2.24) is 15.5 Å². The zero-order chi connectivity index (χ0) is 23.1. The molecule has 0 radical (unpaired) electrons. The summed E-state index contributed by atoms with van der Waals surface area (Å²) in [5.41, 5.74) is 7.12. The van der Waals surface area contributed by atoms with Crippen LogP contribution in [0.2, 0.25) is 10.0 Å². The third-order valence-electron chi connectivity index (χ3n) is 5.53. The van der Waals surface area contributed by atoms with Gasteiger partial charge in [-0.25, -0.2) is 0 Å². The lowest BCUT2D eigenvalue weighted by Crippen LogP contribution is -2.32. The van der Waals surface area contributed by atoms with E-state index in [1.54, 1.807) is 30.3 Å². The number of rotatable bonds is 9. The van der Waals surface area contributed by atoms with Gasteiger partial charge in [0, 0.05) is 36.3 Å². The molecule has 0 aromatic heterocycles. The summed E-state index contributed by atoms with van der Waals surface area (Å²) in [6, 6.07) is 9.93. The number of amides is 2. The van der Waals surface area contributed by atoms with Crippen LogP contribution in [-0.2, 0) is 0 Å². The number of nitrogen functional groups attached to an aromatic ring is 1. The lowest BCUT2D eigenvalue weighted by atomic mass is 10.1. The van der Waals surface area contributed by atoms with Gasteiger partial charge in [-0.2, -0.15) is 0 Å². The second kappa shape index (κ2) is 11.4. The molecule has 2 aromatic carbocycles. The highest BCUT2D eigenvalue weighted by Gasteiger charge is 2.23. The van der Waals surface area contributed by atoms with Gasteiger partial charge >= 0.3 is 0 Å². The number of nitrogens with two attached hydrogens (primary N) is 1. The number of carbonyl (C=O) groups excluding carboxylic acids is 2. The van der Waals surface area contributed by atoms with Gasteiger partial charge in [-0.15, -0.1) is 0 Å². The Balaban J connectivity index is 1.37. The molecule has 4 N–H and O–H groups in total. The fraction of sp³-hybridized carbons (Fsp3) is 0.391. The number of ether oxygens (including phenoxy) is 1. The molecule has 1 saturated heterocycles. The Kier molecular flexibility index (Phi) is 8.61. The van der Waals surface area contributed by atoms with E-state index in [4.69, 9.17) is 33.7 Å². The maximum absolute atomic E-state index is 12.6. The quantitative estimate of drug-likeness (QED) is 0.378. The lowest BCUT2D eigenvalue weighted by Gasteiger charge is -2.17. The molecule has 1 atom stereocenters. The molecule has 0 saturated carbocycles. The third-order valence-corrected chi connectivity index (χ3v) is 6.11. The molecule has 1 unspecified atom stereocenters. The molecular formula is C23H28Cl2N4O3. The van der Waals surface area contributed by atoms with Crippen LogP contribution in [0.4, 0.5) is 5.69 Å². The van der Waals surface area contributed by atoms with Crippen molar-refractivity contribution in [2.24, 2.45) is 5.92 Å². The Labute approximate surface area is 198 Å². The van der Waals surface area contributed by atoms with Gasteiger partial charge in [-0.3, -0.25) is 9.59 Å². The van der Waals surface area contributed by atoms with Gasteiger partial charge in [0.1, 0.15) is 5.75 Å². The molecule has 2 amide bonds. The van der Waals surface area contributed by atoms with Crippen LogP contribution in [0.25, 0.3) is 0 Å². The third kappa shape index (κ3) is 6.51. The van der Waals surface area contributed by atoms with Crippen molar-refractivity contribution in [1.29, 1.82) is 0 Å². The molecule has 2 aromatic rings. The number of benzene rings is 2. The van der Waals surface area contributed by atoms with Crippen molar-refractivity contribution in [3.63, 3.8) is 0 Å². The van der Waals surface area contributed by atoms with Gasteiger partial charge < -0.3 is 26.0 Å². The molecule has 0 aliphatic carbocycles. The number of halogens is 2. The normalized spacial score (nSPS) is 16.0. The fourth-order valence-electron chi connectivity index (χ4n) is 3.74. The van der Waals surface area contributed by atoms with Crippen LogP contribution in [0.15, 0.2) is 36.4 Å². The second-order valence-corrected chi connectivity index (χ2v) is 8.70. The molecule has 32 heavy (non-hydrogen) atoms. The first kappa shape index (κ1) is 24.2. The summed E-state index contributed by atoms with van der Waals surface area (Å²) in [5.74, 6) is 0.449. The number of carbonyl (C=O) groups is 2. The molecule has 1 aliphatic heterocycles. The minimum Gasteiger partial charge on any atom is -0.496 e. The van der Waals surface area contributed by atoms with E-state index >= 15 is 0 Å². The van der Waals surface area contributed by atoms with Crippen LogP contribution in [0.1, 0.15) is 33.6 Å². The largest absolute Gasteiger partial charge is 0.496 e. The first-order valence-corrected chi connectivity index (χ1v) is 11.3. The first-order chi connectivity index (χ1) is 15.4. The van der Waals surface area contributed by atoms with E-state index in [0.29, 0.717) is 51.6 Å². The number of methoxy groups -OCH3 is 1. The number of anilines is 1. The fourth-order valence-corrected chi connectivity index (χ4v) is 4.03. The van der Waals surface area contributed by atoms with Crippen molar-refractivity contribution >= 4 is 40.7 Å². The Bertz CT molecular complexity index is 953. The number of likely N-dealkylation sites (tertiary alicyclic amines) is 1. The van der Waals surface area contributed by atoms with Crippen molar-refractivity contribution in [2.75, 3.05) is 45.6 Å². The molecular weight excluding hydrogens is 451 g/mol. The van der Waals surface area contributed by atoms with Gasteiger partial charge in [0.05, 0.1) is 23.4 Å². The highest BCUT2D eigenvalue weighted by Crippen LogP contribution is 2.29. The predicted octanol–water partition coefficient (Wildman–Crippen LogP) is 3.46. The van der Waals surface area contributed by atoms with E-state index in [1.807, 2.05) is 0 Å². The monoisotopic (exact) mass is 478 g/mol. The van der Waals surface area contributed by atoms with Gasteiger partial charge in [-0.1, -0.05) is 23.2 Å². The Morgan fingerprint density at radius 1 is 1.16 bits per heavy atom. The molecule has 3 rings (SSSR count). The van der Waals surface area contributed by atoms with Gasteiger partial charge in [0.2, 0.25) is 0 Å². The average molecular weight is 479 g/mol. The number of nitrogens with zero attached hydrogens (tertiary/aromatic N) is 1. The SMILES string of the molecule is COc1cc(N)c(Cl)cc1C(=O)NCC1CCN(CCCNC(=O)c2ccc(Cl)cc2)C1. The summed E-state index contributed by atoms with van der Waals surface area (Å²) in [5, 5.41) is 6.84. The summed E-state index contributed by atoms with van der Waals surface area (Å²) in [7, 11) is 1.49. The highest BCUT2D eigenvalue weighted by molar-refractivity contribution is 6.33. The maximum Gasteiger partial charge on any atom is 0.255 e. The topological polar surface area (TPSA) is 96.7 Å². The van der Waals surface area contributed by atoms with Gasteiger partial charge in [0.25, 0.3) is 11.8 Å². The minimum atomic E-state index is -0.230. The Morgan fingerprint density at radius 2 is 1.91 bits per heavy atom. The second-order valence-electron chi connectivity index (χ2n) is 7.86. The van der Waals surface area contributed by atoms with E-state index in [1.165, 1.54) is 13.2 Å². The molecule has 172 valence electrons. The highest BCUT2D eigenvalue weighted by atomic mass is 35.5. The number of hydrogen-bond donors (Lipinski definition) is 3. The summed E-state index contributed by atoms with van der Waals surface area (Å²) >= 11 is 11.9. The van der Waals surface area contributed by atoms with Crippen LogP contribution in [0.3, 0.4) is 0 Å². The summed E-state index contributed by atoms with van der Waals surface area (Å²) in [6.45, 7) is 3.96. The molecule has 7 nitrogen and oxygen atoms in total. The summed E-state index contributed by atoms with van der Waals surface area (Å²) in [4.78, 5) is 27.1. The van der Waals surface area contributed by atoms with Crippen LogP contribution in [0.5, 0.6) is 5.75 Å². The van der Waals surface area contributed by atoms with Crippen molar-refractivity contribution < 1.29 is 14.3 Å². The Hall–Kier alpha value is -2.48. The standard InChI is InChI=1S/C23H28Cl2N4O3/c1-32-21-12-20(26)19(25)11-18(21)23(31)28-13-15-7-10-29(14-15)9-2-8-27-22(30)16-3-5-17(24)6-4-16/h3-6,11-12,15H,2,7-10,13-14,26H2,1H3,(H,27,30)(H,28,31). The van der Waals surface area contributed by atoms with E-state index in [-0.39, 0.29) is 11.8 Å². The predicted molar refractivity (Wildman–Crippen MR) is 128 cm³/mol. The van der Waals surface area contributed by atoms with E-state index in [2.05, 4.69) is 15.5 Å². The minimum absolute atomic E-state index is 0.0955. The van der Waals surface area contributed by atoms with E-state index in [9.17, 15) is 9.59 Å². The first-order valence-electron chi connectivity index (χ1n) is 10.5. The number of nitrogens with one attached hydrogen (secondary N) is 2. The van der Waals surface area contributed by atoms with Crippen LogP contribution >= 0.6 is 23.2 Å². The lowest BCUT2D eigenvalue weighted by molar-refractivity contribution is 0.0940. The van der Waals surface area contributed by atoms with Crippen molar-refractivity contribution in [3.05, 3.63) is 57.6 Å². The summed E-state index contributed by atoms with van der Waals surface area (Å²) in [6.07, 6.45) is 1.87. The molecule has 9 heteroatoms. The smallest absolute Gasteiger partial charge is 0.255 e. The average Bonchev–Trinajstić information content (AvgIpc) is 3.24. The summed E-state index contributed by atoms with van der Waals surface area (Å²) < 4.78 is 5.25. The van der Waals surface area contributed by atoms with Crippen molar-refractivity contribution in [2.45, 2.75) is 12.8 Å². The van der Waals surface area contributed by atoms with E-state index in [0.717, 1.165) is 32.5 Å². The molecule has 1 heterocycles. The number of hydrogen-bond acceptors (Lipinski definition) is 5. The van der Waals surface area contributed by atoms with Crippen LogP contribution < -0.4 is 21.1 Å². The van der Waals surface area contributed by atoms with Crippen LogP contribution in [-0.4, -0.2) is 56.5 Å².